The SMILES string of the molecule is COC(=O)CCc1c(OC)cc(B2OC(C)(C)C(C)(C)O2)cc1OC. The summed E-state index contributed by atoms with van der Waals surface area (Å²) >= 11 is 0. The van der Waals surface area contributed by atoms with E-state index in [4.69, 9.17) is 23.5 Å². The van der Waals surface area contributed by atoms with E-state index in [1.807, 2.05) is 39.8 Å². The van der Waals surface area contributed by atoms with Crippen LogP contribution in [0.4, 0.5) is 0 Å². The summed E-state index contributed by atoms with van der Waals surface area (Å²) < 4.78 is 27.9. The number of carbonyl (C=O) groups excluding carboxylic acids is 1. The van der Waals surface area contributed by atoms with Gasteiger partial charge in [-0.15, -0.1) is 0 Å². The Bertz CT molecular complexity index is 599. The average molecular weight is 350 g/mol. The van der Waals surface area contributed by atoms with Gasteiger partial charge in [0.2, 0.25) is 0 Å². The number of ether oxygens (including phenoxy) is 3. The number of esters is 1. The van der Waals surface area contributed by atoms with Crippen LogP contribution in [0.2, 0.25) is 0 Å². The molecule has 0 bridgehead atoms. The topological polar surface area (TPSA) is 63.2 Å². The van der Waals surface area contributed by atoms with Crippen molar-refractivity contribution in [1.29, 1.82) is 0 Å². The van der Waals surface area contributed by atoms with E-state index in [-0.39, 0.29) is 12.4 Å². The maximum absolute atomic E-state index is 11.5. The second-order valence-corrected chi connectivity index (χ2v) is 7.07. The second-order valence-electron chi connectivity index (χ2n) is 7.07. The molecule has 138 valence electrons. The van der Waals surface area contributed by atoms with Gasteiger partial charge in [-0.3, -0.25) is 4.79 Å². The van der Waals surface area contributed by atoms with Gasteiger partial charge in [0.1, 0.15) is 11.5 Å². The zero-order valence-electron chi connectivity index (χ0n) is 16.1. The summed E-state index contributed by atoms with van der Waals surface area (Å²) in [6, 6.07) is 3.74. The van der Waals surface area contributed by atoms with Gasteiger partial charge < -0.3 is 23.5 Å². The number of rotatable bonds is 6. The van der Waals surface area contributed by atoms with Gasteiger partial charge in [0.15, 0.2) is 0 Å². The standard InChI is InChI=1S/C18H27BO6/c1-17(2)18(3,4)25-19(24-17)12-10-14(21-5)13(15(11-12)22-6)8-9-16(20)23-7/h10-11H,8-9H2,1-7H3. The lowest BCUT2D eigenvalue weighted by molar-refractivity contribution is -0.140. The first-order valence-corrected chi connectivity index (χ1v) is 8.32. The van der Waals surface area contributed by atoms with E-state index < -0.39 is 18.3 Å². The van der Waals surface area contributed by atoms with Gasteiger partial charge >= 0.3 is 13.1 Å². The summed E-state index contributed by atoms with van der Waals surface area (Å²) in [5, 5.41) is 0. The molecule has 0 N–H and O–H groups in total. The first-order valence-electron chi connectivity index (χ1n) is 8.32. The van der Waals surface area contributed by atoms with E-state index in [0.29, 0.717) is 17.9 Å². The Balaban J connectivity index is 2.35. The summed E-state index contributed by atoms with van der Waals surface area (Å²) in [6.45, 7) is 8.02. The highest BCUT2D eigenvalue weighted by Gasteiger charge is 2.52. The van der Waals surface area contributed by atoms with Crippen molar-refractivity contribution >= 4 is 18.6 Å². The molecule has 7 heteroatoms. The highest BCUT2D eigenvalue weighted by molar-refractivity contribution is 6.62. The van der Waals surface area contributed by atoms with Crippen molar-refractivity contribution in [2.24, 2.45) is 0 Å². The van der Waals surface area contributed by atoms with Gasteiger partial charge in [0.25, 0.3) is 0 Å². The van der Waals surface area contributed by atoms with Gasteiger partial charge in [-0.25, -0.2) is 0 Å². The van der Waals surface area contributed by atoms with Crippen LogP contribution in [0.25, 0.3) is 0 Å². The molecule has 0 radical (unpaired) electrons. The highest BCUT2D eigenvalue weighted by Crippen LogP contribution is 2.37. The molecule has 25 heavy (non-hydrogen) atoms. The second kappa shape index (κ2) is 7.26. The lowest BCUT2D eigenvalue weighted by Gasteiger charge is -2.32. The largest absolute Gasteiger partial charge is 0.496 e. The maximum Gasteiger partial charge on any atom is 0.495 e. The van der Waals surface area contributed by atoms with E-state index in [2.05, 4.69) is 0 Å². The third kappa shape index (κ3) is 3.93. The van der Waals surface area contributed by atoms with Gasteiger partial charge in [0.05, 0.1) is 32.5 Å². The predicted molar refractivity (Wildman–Crippen MR) is 95.6 cm³/mol. The number of hydrogen-bond donors (Lipinski definition) is 0. The fourth-order valence-electron chi connectivity index (χ4n) is 2.70. The highest BCUT2D eigenvalue weighted by atomic mass is 16.7. The van der Waals surface area contributed by atoms with Crippen LogP contribution in [0.1, 0.15) is 39.7 Å². The van der Waals surface area contributed by atoms with Crippen molar-refractivity contribution in [3.63, 3.8) is 0 Å². The van der Waals surface area contributed by atoms with E-state index in [1.165, 1.54) is 7.11 Å². The molecule has 0 aromatic heterocycles. The third-order valence-corrected chi connectivity index (χ3v) is 4.96. The summed E-state index contributed by atoms with van der Waals surface area (Å²) in [6.07, 6.45) is 0.710. The fraction of sp³-hybridized carbons (Fsp3) is 0.611. The van der Waals surface area contributed by atoms with Crippen LogP contribution >= 0.6 is 0 Å². The van der Waals surface area contributed by atoms with Crippen molar-refractivity contribution in [3.05, 3.63) is 17.7 Å². The molecule has 0 atom stereocenters. The van der Waals surface area contributed by atoms with Crippen LogP contribution in [0.3, 0.4) is 0 Å². The van der Waals surface area contributed by atoms with Crippen LogP contribution in [0.15, 0.2) is 12.1 Å². The van der Waals surface area contributed by atoms with Crippen LogP contribution in [-0.4, -0.2) is 45.6 Å². The Morgan fingerprint density at radius 3 is 1.88 bits per heavy atom. The minimum atomic E-state index is -0.512. The van der Waals surface area contributed by atoms with Gasteiger partial charge in [0, 0.05) is 12.0 Å². The van der Waals surface area contributed by atoms with Crippen LogP contribution in [0, 0.1) is 0 Å². The van der Waals surface area contributed by atoms with E-state index >= 15 is 0 Å². The van der Waals surface area contributed by atoms with Crippen LogP contribution in [0.5, 0.6) is 11.5 Å². The minimum Gasteiger partial charge on any atom is -0.496 e. The number of hydrogen-bond acceptors (Lipinski definition) is 6. The zero-order valence-corrected chi connectivity index (χ0v) is 16.1. The predicted octanol–water partition coefficient (Wildman–Crippen LogP) is 2.11. The van der Waals surface area contributed by atoms with Gasteiger partial charge in [-0.2, -0.15) is 0 Å². The molecular formula is C18H27BO6. The fourth-order valence-corrected chi connectivity index (χ4v) is 2.70. The Labute approximate surface area is 149 Å². The Hall–Kier alpha value is -1.73. The molecule has 0 unspecified atom stereocenters. The molecule has 2 rings (SSSR count). The molecule has 0 saturated carbocycles. The Kier molecular flexibility index (Phi) is 5.69. The minimum absolute atomic E-state index is 0.249. The Morgan fingerprint density at radius 2 is 1.48 bits per heavy atom. The van der Waals surface area contributed by atoms with E-state index in [9.17, 15) is 4.79 Å². The summed E-state index contributed by atoms with van der Waals surface area (Å²) in [4.78, 5) is 11.5. The van der Waals surface area contributed by atoms with Crippen LogP contribution < -0.4 is 14.9 Å². The first-order chi connectivity index (χ1) is 11.6. The van der Waals surface area contributed by atoms with E-state index in [0.717, 1.165) is 11.0 Å². The molecule has 1 heterocycles. The van der Waals surface area contributed by atoms with Crippen molar-refractivity contribution in [1.82, 2.24) is 0 Å². The lowest BCUT2D eigenvalue weighted by Crippen LogP contribution is -2.41. The van der Waals surface area contributed by atoms with Crippen molar-refractivity contribution in [2.75, 3.05) is 21.3 Å². The molecule has 0 spiro atoms. The maximum atomic E-state index is 11.5. The van der Waals surface area contributed by atoms with Crippen molar-refractivity contribution in [2.45, 2.75) is 51.7 Å². The molecule has 6 nitrogen and oxygen atoms in total. The quantitative estimate of drug-likeness (QED) is 0.578. The molecule has 1 saturated heterocycles. The monoisotopic (exact) mass is 350 g/mol. The number of methoxy groups -OCH3 is 3. The smallest absolute Gasteiger partial charge is 0.495 e. The molecule has 0 aliphatic carbocycles. The normalized spacial score (nSPS) is 18.1. The molecule has 1 aromatic carbocycles. The number of benzene rings is 1. The van der Waals surface area contributed by atoms with Crippen molar-refractivity contribution in [3.8, 4) is 11.5 Å². The molecule has 1 fully saturated rings. The molecule has 1 aliphatic rings. The summed E-state index contributed by atoms with van der Waals surface area (Å²) in [7, 11) is 4.04. The summed E-state index contributed by atoms with van der Waals surface area (Å²) in [5.74, 6) is 0.986. The summed E-state index contributed by atoms with van der Waals surface area (Å²) in [5.41, 5.74) is 0.772. The van der Waals surface area contributed by atoms with Crippen molar-refractivity contribution < 1.29 is 28.3 Å². The lowest BCUT2D eigenvalue weighted by atomic mass is 9.78. The zero-order chi connectivity index (χ0) is 18.8. The average Bonchev–Trinajstić information content (AvgIpc) is 2.79. The Morgan fingerprint density at radius 1 is 1.00 bits per heavy atom. The molecule has 1 aliphatic heterocycles. The van der Waals surface area contributed by atoms with Gasteiger partial charge in [-0.1, -0.05) is 0 Å². The van der Waals surface area contributed by atoms with E-state index in [1.54, 1.807) is 14.2 Å². The first kappa shape index (κ1) is 19.6. The molecule has 0 amide bonds. The van der Waals surface area contributed by atoms with Gasteiger partial charge in [-0.05, 0) is 51.7 Å². The third-order valence-electron chi connectivity index (χ3n) is 4.96. The number of carbonyl (C=O) groups is 1. The van der Waals surface area contributed by atoms with Crippen LogP contribution in [-0.2, 0) is 25.3 Å². The molecular weight excluding hydrogens is 323 g/mol. The molecule has 1 aromatic rings.